The summed E-state index contributed by atoms with van der Waals surface area (Å²) in [4.78, 5) is 2.42. The molecule has 0 radical (unpaired) electrons. The number of benzene rings is 3. The van der Waals surface area contributed by atoms with Crippen molar-refractivity contribution in [2.75, 3.05) is 17.4 Å². The number of aryl methyl sites for hydroxylation is 1. The summed E-state index contributed by atoms with van der Waals surface area (Å²) < 4.78 is 55.7. The molecule has 1 fully saturated rings. The standard InChI is InChI=1S/C25H26F2N2O2S/c1-19-5-11-25(12-6-19)32(30,31)29(23-9-7-21(26)8-10-23)24-13-15-28(16-14-24)18-20-3-2-4-22(27)17-20/h2-12,17,24H,13-16,18H2,1H3. The van der Waals surface area contributed by atoms with E-state index in [9.17, 15) is 17.2 Å². The lowest BCUT2D eigenvalue weighted by Gasteiger charge is -2.39. The first-order valence-electron chi connectivity index (χ1n) is 10.7. The van der Waals surface area contributed by atoms with Gasteiger partial charge in [0.25, 0.3) is 10.0 Å². The number of halogens is 2. The Morgan fingerprint density at radius 2 is 1.56 bits per heavy atom. The van der Waals surface area contributed by atoms with E-state index >= 15 is 0 Å². The number of likely N-dealkylation sites (tertiary alicyclic amines) is 1. The summed E-state index contributed by atoms with van der Waals surface area (Å²) in [5.41, 5.74) is 2.32. The topological polar surface area (TPSA) is 40.6 Å². The van der Waals surface area contributed by atoms with Gasteiger partial charge in [0.1, 0.15) is 11.6 Å². The van der Waals surface area contributed by atoms with Gasteiger partial charge in [0.15, 0.2) is 0 Å². The lowest BCUT2D eigenvalue weighted by Crippen LogP contribution is -2.47. The minimum atomic E-state index is -3.82. The number of sulfonamides is 1. The first-order chi connectivity index (χ1) is 15.3. The molecular weight excluding hydrogens is 430 g/mol. The maximum absolute atomic E-state index is 13.6. The lowest BCUT2D eigenvalue weighted by molar-refractivity contribution is 0.206. The quantitative estimate of drug-likeness (QED) is 0.516. The van der Waals surface area contributed by atoms with Gasteiger partial charge in [0.2, 0.25) is 0 Å². The van der Waals surface area contributed by atoms with Crippen LogP contribution in [-0.2, 0) is 16.6 Å². The van der Waals surface area contributed by atoms with Crippen molar-refractivity contribution in [3.05, 3.63) is 95.6 Å². The Balaban J connectivity index is 1.57. The molecule has 0 spiro atoms. The van der Waals surface area contributed by atoms with Crippen LogP contribution in [0.15, 0.2) is 77.7 Å². The van der Waals surface area contributed by atoms with E-state index in [4.69, 9.17) is 0 Å². The maximum Gasteiger partial charge on any atom is 0.264 e. The van der Waals surface area contributed by atoms with Gasteiger partial charge in [-0.05, 0) is 73.9 Å². The van der Waals surface area contributed by atoms with E-state index < -0.39 is 15.8 Å². The third-order valence-corrected chi connectivity index (χ3v) is 7.74. The maximum atomic E-state index is 13.6. The molecule has 0 atom stereocenters. The molecule has 1 aliphatic rings. The largest absolute Gasteiger partial charge is 0.299 e. The van der Waals surface area contributed by atoms with Crippen LogP contribution in [0.4, 0.5) is 14.5 Å². The SMILES string of the molecule is Cc1ccc(S(=O)(=O)N(c2ccc(F)cc2)C2CCN(Cc3cccc(F)c3)CC2)cc1. The molecule has 0 aromatic heterocycles. The summed E-state index contributed by atoms with van der Waals surface area (Å²) in [6.45, 7) is 3.89. The molecule has 1 heterocycles. The van der Waals surface area contributed by atoms with Gasteiger partial charge in [-0.1, -0.05) is 29.8 Å². The van der Waals surface area contributed by atoms with Crippen molar-refractivity contribution >= 4 is 15.7 Å². The van der Waals surface area contributed by atoms with Crippen LogP contribution in [0.1, 0.15) is 24.0 Å². The summed E-state index contributed by atoms with van der Waals surface area (Å²) >= 11 is 0. The predicted molar refractivity (Wildman–Crippen MR) is 122 cm³/mol. The van der Waals surface area contributed by atoms with Gasteiger partial charge < -0.3 is 0 Å². The average Bonchev–Trinajstić information content (AvgIpc) is 2.77. The minimum absolute atomic E-state index is 0.217. The van der Waals surface area contributed by atoms with Crippen LogP contribution >= 0.6 is 0 Å². The van der Waals surface area contributed by atoms with Crippen LogP contribution in [0.5, 0.6) is 0 Å². The molecule has 1 saturated heterocycles. The second kappa shape index (κ2) is 9.38. The van der Waals surface area contributed by atoms with E-state index in [1.807, 2.05) is 13.0 Å². The molecule has 4 rings (SSSR count). The van der Waals surface area contributed by atoms with E-state index in [1.165, 1.54) is 40.7 Å². The van der Waals surface area contributed by atoms with Gasteiger partial charge in [-0.25, -0.2) is 17.2 Å². The van der Waals surface area contributed by atoms with Crippen molar-refractivity contribution in [3.8, 4) is 0 Å². The molecule has 168 valence electrons. The van der Waals surface area contributed by atoms with Crippen LogP contribution in [0, 0.1) is 18.6 Å². The van der Waals surface area contributed by atoms with E-state index in [1.54, 1.807) is 30.3 Å². The van der Waals surface area contributed by atoms with Crippen molar-refractivity contribution in [1.82, 2.24) is 4.90 Å². The van der Waals surface area contributed by atoms with Gasteiger partial charge in [0, 0.05) is 25.7 Å². The second-order valence-corrected chi connectivity index (χ2v) is 10.0. The van der Waals surface area contributed by atoms with Crippen molar-refractivity contribution in [2.45, 2.75) is 37.2 Å². The van der Waals surface area contributed by atoms with Crippen LogP contribution in [0.3, 0.4) is 0 Å². The molecule has 1 aliphatic heterocycles. The fourth-order valence-corrected chi connectivity index (χ4v) is 5.87. The summed E-state index contributed by atoms with van der Waals surface area (Å²) in [5.74, 6) is -0.671. The summed E-state index contributed by atoms with van der Waals surface area (Å²) in [7, 11) is -3.82. The Morgan fingerprint density at radius 1 is 0.906 bits per heavy atom. The molecule has 4 nitrogen and oxygen atoms in total. The number of piperidine rings is 1. The van der Waals surface area contributed by atoms with Crippen molar-refractivity contribution < 1.29 is 17.2 Å². The zero-order valence-corrected chi connectivity index (χ0v) is 18.7. The highest BCUT2D eigenvalue weighted by molar-refractivity contribution is 7.92. The predicted octanol–water partition coefficient (Wildman–Crippen LogP) is 5.13. The molecule has 7 heteroatoms. The Kier molecular flexibility index (Phi) is 6.58. The molecular formula is C25H26F2N2O2S. The Morgan fingerprint density at radius 3 is 2.19 bits per heavy atom. The third kappa shape index (κ3) is 5.00. The van der Waals surface area contributed by atoms with E-state index in [0.717, 1.165) is 11.1 Å². The number of hydrogen-bond acceptors (Lipinski definition) is 3. The van der Waals surface area contributed by atoms with Crippen LogP contribution < -0.4 is 4.31 Å². The average molecular weight is 457 g/mol. The molecule has 3 aromatic rings. The van der Waals surface area contributed by atoms with Crippen LogP contribution in [-0.4, -0.2) is 32.4 Å². The van der Waals surface area contributed by atoms with Gasteiger partial charge in [0.05, 0.1) is 10.6 Å². The molecule has 0 N–H and O–H groups in total. The van der Waals surface area contributed by atoms with Crippen molar-refractivity contribution in [3.63, 3.8) is 0 Å². The summed E-state index contributed by atoms with van der Waals surface area (Å²) in [5, 5.41) is 0. The Labute approximate surface area is 188 Å². The molecule has 0 saturated carbocycles. The van der Waals surface area contributed by atoms with Crippen molar-refractivity contribution in [1.29, 1.82) is 0 Å². The minimum Gasteiger partial charge on any atom is -0.299 e. The lowest BCUT2D eigenvalue weighted by atomic mass is 10.0. The van der Waals surface area contributed by atoms with E-state index in [-0.39, 0.29) is 16.8 Å². The van der Waals surface area contributed by atoms with E-state index in [0.29, 0.717) is 38.2 Å². The first kappa shape index (κ1) is 22.4. The Bertz CT molecular complexity index is 1160. The molecule has 0 unspecified atom stereocenters. The molecule has 0 bridgehead atoms. The molecule has 0 aliphatic carbocycles. The highest BCUT2D eigenvalue weighted by Crippen LogP contribution is 2.31. The Hall–Kier alpha value is -2.77. The van der Waals surface area contributed by atoms with Gasteiger partial charge in [-0.15, -0.1) is 0 Å². The highest BCUT2D eigenvalue weighted by atomic mass is 32.2. The second-order valence-electron chi connectivity index (χ2n) is 8.23. The highest BCUT2D eigenvalue weighted by Gasteiger charge is 2.34. The van der Waals surface area contributed by atoms with Crippen LogP contribution in [0.2, 0.25) is 0 Å². The first-order valence-corrected chi connectivity index (χ1v) is 12.1. The fourth-order valence-electron chi connectivity index (χ4n) is 4.16. The molecule has 3 aromatic carbocycles. The van der Waals surface area contributed by atoms with E-state index in [2.05, 4.69) is 4.90 Å². The monoisotopic (exact) mass is 456 g/mol. The normalized spacial score (nSPS) is 15.6. The van der Waals surface area contributed by atoms with Gasteiger partial charge >= 0.3 is 0 Å². The smallest absolute Gasteiger partial charge is 0.264 e. The number of nitrogens with zero attached hydrogens (tertiary/aromatic N) is 2. The summed E-state index contributed by atoms with van der Waals surface area (Å²) in [6.07, 6.45) is 1.25. The summed E-state index contributed by atoms with van der Waals surface area (Å²) in [6, 6.07) is 18.7. The van der Waals surface area contributed by atoms with Crippen LogP contribution in [0.25, 0.3) is 0 Å². The van der Waals surface area contributed by atoms with Gasteiger partial charge in [-0.2, -0.15) is 0 Å². The van der Waals surface area contributed by atoms with Gasteiger partial charge in [-0.3, -0.25) is 9.21 Å². The zero-order chi connectivity index (χ0) is 22.7. The van der Waals surface area contributed by atoms with Crippen molar-refractivity contribution in [2.24, 2.45) is 0 Å². The molecule has 0 amide bonds. The number of anilines is 1. The number of hydrogen-bond donors (Lipinski definition) is 0. The third-order valence-electron chi connectivity index (χ3n) is 5.84. The fraction of sp³-hybridized carbons (Fsp3) is 0.280. The zero-order valence-electron chi connectivity index (χ0n) is 17.9. The molecule has 32 heavy (non-hydrogen) atoms. The number of rotatable bonds is 6.